The van der Waals surface area contributed by atoms with Gasteiger partial charge in [0.1, 0.15) is 11.4 Å². The maximum absolute atomic E-state index is 13.7. The third-order valence-electron chi connectivity index (χ3n) is 8.22. The molecule has 2 N–H and O–H groups in total. The highest BCUT2D eigenvalue weighted by atomic mass is 32.2. The number of pyridine rings is 2. The van der Waals surface area contributed by atoms with Crippen molar-refractivity contribution in [1.29, 1.82) is 5.26 Å². The van der Waals surface area contributed by atoms with Gasteiger partial charge in [-0.1, -0.05) is 6.07 Å². The number of carbonyl (C=O) groups is 2. The first-order valence-corrected chi connectivity index (χ1v) is 16.0. The largest absolute Gasteiger partial charge is 0.338 e. The summed E-state index contributed by atoms with van der Waals surface area (Å²) < 4.78 is 6.82. The van der Waals surface area contributed by atoms with Gasteiger partial charge in [0.05, 0.1) is 18.7 Å². The van der Waals surface area contributed by atoms with Crippen molar-refractivity contribution in [2.75, 3.05) is 32.1 Å². The number of anilines is 1. The minimum absolute atomic E-state index is 0.0720. The van der Waals surface area contributed by atoms with Crippen molar-refractivity contribution in [1.82, 2.24) is 19.8 Å². The van der Waals surface area contributed by atoms with Crippen LogP contribution in [0.1, 0.15) is 88.5 Å². The number of rotatable bonds is 12. The number of hydrogen-bond donors (Lipinski definition) is 2. The predicted molar refractivity (Wildman–Crippen MR) is 170 cm³/mol. The van der Waals surface area contributed by atoms with Gasteiger partial charge in [0.25, 0.3) is 17.4 Å². The Balaban J connectivity index is 1.31. The van der Waals surface area contributed by atoms with Crippen molar-refractivity contribution in [3.05, 3.63) is 80.9 Å². The van der Waals surface area contributed by atoms with E-state index >= 15 is 0 Å². The fourth-order valence-electron chi connectivity index (χ4n) is 5.44. The number of hydrogen-bond acceptors (Lipinski definition) is 8. The fourth-order valence-corrected chi connectivity index (χ4v) is 5.95. The number of amides is 2. The Hall–Kier alpha value is -3.98. The molecule has 3 heterocycles. The van der Waals surface area contributed by atoms with Crippen LogP contribution < -0.4 is 16.2 Å². The van der Waals surface area contributed by atoms with Crippen molar-refractivity contribution in [2.45, 2.75) is 62.8 Å². The average molecular weight is 613 g/mol. The van der Waals surface area contributed by atoms with Crippen LogP contribution in [0, 0.1) is 11.3 Å². The van der Waals surface area contributed by atoms with Crippen LogP contribution in [-0.2, 0) is 10.7 Å². The molecule has 228 valence electrons. The Labute approximate surface area is 261 Å². The van der Waals surface area contributed by atoms with E-state index in [9.17, 15) is 19.6 Å². The van der Waals surface area contributed by atoms with E-state index in [4.69, 9.17) is 9.17 Å². The number of benzene rings is 1. The molecule has 11 heteroatoms. The SMILES string of the molecule is COS[C@@H](C)CNCc1cc(C(=O)Nc2cc(-c3ccc(C#N)cc3C(=O)N3CCC3)cc(C3CC3)n2)c(=O)n(C2CC2)c1. The summed E-state index contributed by atoms with van der Waals surface area (Å²) in [4.78, 5) is 47.0. The Bertz CT molecular complexity index is 1690. The highest BCUT2D eigenvalue weighted by molar-refractivity contribution is 7.95. The van der Waals surface area contributed by atoms with Crippen LogP contribution >= 0.6 is 12.0 Å². The molecule has 2 aliphatic carbocycles. The molecule has 6 rings (SSSR count). The Morgan fingerprint density at radius 2 is 1.93 bits per heavy atom. The standard InChI is InChI=1S/C33H36N6O4S/c1-20(44-43-2)17-35-18-22-13-28(33(42)39(19-22)25-7-8-25)31(40)37-30-15-24(14-29(36-30)23-5-6-23)26-9-4-21(16-34)12-27(26)32(41)38-10-3-11-38/h4,9,12-15,19-20,23,25,35H,3,5-8,10-11,17-18H2,1-2H3,(H,36,37,40)/t20-/m0/s1. The van der Waals surface area contributed by atoms with Crippen molar-refractivity contribution in [3.63, 3.8) is 0 Å². The summed E-state index contributed by atoms with van der Waals surface area (Å²) in [6.07, 6.45) is 6.64. The lowest BCUT2D eigenvalue weighted by molar-refractivity contribution is 0.0652. The zero-order valence-corrected chi connectivity index (χ0v) is 25.8. The monoisotopic (exact) mass is 612 g/mol. The zero-order chi connectivity index (χ0) is 30.8. The van der Waals surface area contributed by atoms with Crippen LogP contribution in [0.2, 0.25) is 0 Å². The summed E-state index contributed by atoms with van der Waals surface area (Å²) in [6, 6.07) is 12.8. The number of carbonyl (C=O) groups excluding carboxylic acids is 2. The molecule has 1 aromatic carbocycles. The van der Waals surface area contributed by atoms with Crippen molar-refractivity contribution >= 4 is 29.7 Å². The van der Waals surface area contributed by atoms with Gasteiger partial charge in [-0.3, -0.25) is 14.4 Å². The molecule has 2 amide bonds. The fraction of sp³-hybridized carbons (Fsp3) is 0.424. The molecule has 10 nitrogen and oxygen atoms in total. The van der Waals surface area contributed by atoms with Gasteiger partial charge in [-0.2, -0.15) is 5.26 Å². The van der Waals surface area contributed by atoms with Crippen LogP contribution in [0.3, 0.4) is 0 Å². The number of nitrogens with one attached hydrogen (secondary N) is 2. The summed E-state index contributed by atoms with van der Waals surface area (Å²) >= 11 is 1.39. The summed E-state index contributed by atoms with van der Waals surface area (Å²) in [5.74, 6) is -0.0243. The topological polar surface area (TPSA) is 129 Å². The number of aromatic nitrogens is 2. The highest BCUT2D eigenvalue weighted by Crippen LogP contribution is 2.41. The van der Waals surface area contributed by atoms with Crippen molar-refractivity contribution in [3.8, 4) is 17.2 Å². The van der Waals surface area contributed by atoms with Gasteiger partial charge in [-0.05, 0) is 98.1 Å². The molecular formula is C33H36N6O4S. The first-order chi connectivity index (χ1) is 21.3. The smallest absolute Gasteiger partial charge is 0.263 e. The lowest BCUT2D eigenvalue weighted by Gasteiger charge is -2.31. The van der Waals surface area contributed by atoms with Crippen molar-refractivity contribution in [2.24, 2.45) is 0 Å². The van der Waals surface area contributed by atoms with E-state index in [1.807, 2.05) is 12.3 Å². The minimum Gasteiger partial charge on any atom is -0.338 e. The molecule has 1 aliphatic heterocycles. The lowest BCUT2D eigenvalue weighted by Crippen LogP contribution is -2.42. The summed E-state index contributed by atoms with van der Waals surface area (Å²) in [7, 11) is 1.64. The Morgan fingerprint density at radius 1 is 1.14 bits per heavy atom. The van der Waals surface area contributed by atoms with Gasteiger partial charge < -0.3 is 24.3 Å². The molecule has 3 fully saturated rings. The number of likely N-dealkylation sites (tertiary alicyclic amines) is 1. The second kappa shape index (κ2) is 12.9. The second-order valence-corrected chi connectivity index (χ2v) is 13.2. The third-order valence-corrected chi connectivity index (χ3v) is 8.91. The first-order valence-electron chi connectivity index (χ1n) is 15.2. The number of nitriles is 1. The maximum atomic E-state index is 13.7. The zero-order valence-electron chi connectivity index (χ0n) is 25.0. The van der Waals surface area contributed by atoms with E-state index in [1.165, 1.54) is 12.0 Å². The third kappa shape index (κ3) is 6.73. The molecule has 0 bridgehead atoms. The molecule has 1 saturated heterocycles. The summed E-state index contributed by atoms with van der Waals surface area (Å²) in [5, 5.41) is 16.0. The van der Waals surface area contributed by atoms with E-state index in [0.29, 0.717) is 48.7 Å². The molecule has 0 radical (unpaired) electrons. The molecule has 3 aromatic rings. The maximum Gasteiger partial charge on any atom is 0.263 e. The Morgan fingerprint density at radius 3 is 2.59 bits per heavy atom. The first kappa shape index (κ1) is 30.1. The second-order valence-electron chi connectivity index (χ2n) is 11.8. The molecule has 1 atom stereocenters. The van der Waals surface area contributed by atoms with E-state index in [2.05, 4.69) is 23.6 Å². The van der Waals surface area contributed by atoms with Gasteiger partial charge in [-0.15, -0.1) is 0 Å². The van der Waals surface area contributed by atoms with Gasteiger partial charge in [0.15, 0.2) is 0 Å². The van der Waals surface area contributed by atoms with Gasteiger partial charge in [0, 0.05) is 60.8 Å². The molecule has 0 unspecified atom stereocenters. The number of nitrogens with zero attached hydrogens (tertiary/aromatic N) is 4. The summed E-state index contributed by atoms with van der Waals surface area (Å²) in [6.45, 7) is 4.66. The van der Waals surface area contributed by atoms with Crippen LogP contribution in [0.4, 0.5) is 5.82 Å². The summed E-state index contributed by atoms with van der Waals surface area (Å²) in [5.41, 5.74) is 3.74. The average Bonchev–Trinajstić information content (AvgIpc) is 3.90. The van der Waals surface area contributed by atoms with Crippen molar-refractivity contribution < 1.29 is 13.8 Å². The molecule has 0 spiro atoms. The molecule has 44 heavy (non-hydrogen) atoms. The van der Waals surface area contributed by atoms with Crippen LogP contribution in [-0.4, -0.2) is 58.3 Å². The predicted octanol–water partition coefficient (Wildman–Crippen LogP) is 4.87. The van der Waals surface area contributed by atoms with E-state index in [0.717, 1.165) is 48.9 Å². The highest BCUT2D eigenvalue weighted by Gasteiger charge is 2.30. The Kier molecular flexibility index (Phi) is 8.84. The van der Waals surface area contributed by atoms with E-state index < -0.39 is 5.91 Å². The molecule has 2 saturated carbocycles. The van der Waals surface area contributed by atoms with Gasteiger partial charge in [-0.25, -0.2) is 4.98 Å². The lowest BCUT2D eigenvalue weighted by atomic mass is 9.95. The van der Waals surface area contributed by atoms with Crippen LogP contribution in [0.25, 0.3) is 11.1 Å². The molecule has 3 aliphatic rings. The van der Waals surface area contributed by atoms with Crippen LogP contribution in [0.5, 0.6) is 0 Å². The normalized spacial score (nSPS) is 16.6. The minimum atomic E-state index is -0.516. The van der Waals surface area contributed by atoms with Gasteiger partial charge in [0.2, 0.25) is 0 Å². The van der Waals surface area contributed by atoms with E-state index in [-0.39, 0.29) is 34.2 Å². The molecule has 2 aromatic heterocycles. The van der Waals surface area contributed by atoms with Crippen LogP contribution in [0.15, 0.2) is 47.4 Å². The quantitative estimate of drug-likeness (QED) is 0.278. The van der Waals surface area contributed by atoms with E-state index in [1.54, 1.807) is 46.9 Å². The van der Waals surface area contributed by atoms with Gasteiger partial charge >= 0.3 is 0 Å². The molecular weight excluding hydrogens is 576 g/mol.